The van der Waals surface area contributed by atoms with Crippen LogP contribution in [0.1, 0.15) is 37.8 Å². The van der Waals surface area contributed by atoms with E-state index in [0.29, 0.717) is 5.75 Å². The molecule has 0 aromatic carbocycles. The average Bonchev–Trinajstić information content (AvgIpc) is 2.45. The van der Waals surface area contributed by atoms with Gasteiger partial charge in [-0.2, -0.15) is 0 Å². The van der Waals surface area contributed by atoms with Crippen LogP contribution in [0.3, 0.4) is 0 Å². The predicted octanol–water partition coefficient (Wildman–Crippen LogP) is 1.74. The second-order valence-corrected chi connectivity index (χ2v) is 5.48. The smallest absolute Gasteiger partial charge is 0.307 e. The molecule has 5 nitrogen and oxygen atoms in total. The lowest BCUT2D eigenvalue weighted by Gasteiger charge is -2.19. The zero-order chi connectivity index (χ0) is 14.1. The Morgan fingerprint density at radius 1 is 1.63 bits per heavy atom. The van der Waals surface area contributed by atoms with E-state index in [0.717, 1.165) is 18.4 Å². The summed E-state index contributed by atoms with van der Waals surface area (Å²) < 4.78 is 19.5. The standard InChI is InChI=1S/C13H20N2O3S/c1-3-4-8-19(17)15-12(9-13(16)18-2)11-6-5-7-14-10-11/h5-7,10,12,15H,3-4,8-9H2,1-2H3/t12-,19?/m0/s1. The van der Waals surface area contributed by atoms with E-state index in [2.05, 4.69) is 14.4 Å². The van der Waals surface area contributed by atoms with E-state index in [4.69, 9.17) is 0 Å². The second-order valence-electron chi connectivity index (χ2n) is 4.14. The number of nitrogens with one attached hydrogen (secondary N) is 1. The molecule has 0 aliphatic heterocycles. The molecule has 1 aromatic rings. The monoisotopic (exact) mass is 284 g/mol. The summed E-state index contributed by atoms with van der Waals surface area (Å²) in [6, 6.07) is 3.31. The fraction of sp³-hybridized carbons (Fsp3) is 0.538. The molecule has 1 heterocycles. The Morgan fingerprint density at radius 2 is 2.42 bits per heavy atom. The van der Waals surface area contributed by atoms with Crippen LogP contribution in [0.2, 0.25) is 0 Å². The lowest BCUT2D eigenvalue weighted by atomic mass is 10.1. The summed E-state index contributed by atoms with van der Waals surface area (Å²) in [7, 11) is 1.34. The molecule has 1 aromatic heterocycles. The van der Waals surface area contributed by atoms with Crippen LogP contribution in [-0.4, -0.2) is 28.4 Å². The molecule has 1 unspecified atom stereocenters. The number of unbranched alkanes of at least 4 members (excludes halogenated alkanes) is 1. The first-order valence-electron chi connectivity index (χ1n) is 6.28. The lowest BCUT2D eigenvalue weighted by Crippen LogP contribution is -2.32. The Hall–Kier alpha value is -1.11. The van der Waals surface area contributed by atoms with Gasteiger partial charge in [-0.05, 0) is 18.1 Å². The first-order valence-corrected chi connectivity index (χ1v) is 7.60. The van der Waals surface area contributed by atoms with Gasteiger partial charge in [0, 0.05) is 23.8 Å². The topological polar surface area (TPSA) is 74.3 Å². The molecule has 1 rings (SSSR count). The van der Waals surface area contributed by atoms with Gasteiger partial charge in [-0.15, -0.1) is 4.72 Å². The first kappa shape index (κ1) is 15.9. The molecule has 0 saturated carbocycles. The molecule has 0 aliphatic rings. The Bertz CT molecular complexity index is 375. The van der Waals surface area contributed by atoms with Gasteiger partial charge < -0.3 is 9.29 Å². The molecule has 0 spiro atoms. The van der Waals surface area contributed by atoms with Crippen molar-refractivity contribution in [1.29, 1.82) is 0 Å². The van der Waals surface area contributed by atoms with Gasteiger partial charge in [-0.25, -0.2) is 0 Å². The molecule has 0 fully saturated rings. The van der Waals surface area contributed by atoms with Crippen LogP contribution >= 0.6 is 0 Å². The van der Waals surface area contributed by atoms with Gasteiger partial charge in [-0.1, -0.05) is 19.4 Å². The van der Waals surface area contributed by atoms with Crippen molar-refractivity contribution in [3.05, 3.63) is 30.1 Å². The van der Waals surface area contributed by atoms with Crippen molar-refractivity contribution >= 4 is 17.3 Å². The third-order valence-electron chi connectivity index (χ3n) is 2.64. The van der Waals surface area contributed by atoms with Crippen LogP contribution in [-0.2, 0) is 20.9 Å². The number of rotatable bonds is 8. The van der Waals surface area contributed by atoms with Crippen molar-refractivity contribution in [1.82, 2.24) is 9.71 Å². The van der Waals surface area contributed by atoms with E-state index in [1.54, 1.807) is 18.5 Å². The maximum Gasteiger partial charge on any atom is 0.307 e. The molecule has 1 N–H and O–H groups in total. The highest BCUT2D eigenvalue weighted by Crippen LogP contribution is 2.17. The molecule has 6 heteroatoms. The van der Waals surface area contributed by atoms with Crippen LogP contribution < -0.4 is 4.72 Å². The Balaban J connectivity index is 2.67. The quantitative estimate of drug-likeness (QED) is 0.581. The van der Waals surface area contributed by atoms with Gasteiger partial charge in [0.2, 0.25) is 0 Å². The number of carbonyl (C=O) groups is 1. The molecular weight excluding hydrogens is 264 g/mol. The van der Waals surface area contributed by atoms with Crippen molar-refractivity contribution in [2.45, 2.75) is 32.2 Å². The van der Waals surface area contributed by atoms with Crippen LogP contribution in [0.15, 0.2) is 24.5 Å². The molecular formula is C13H20N2O3S. The largest absolute Gasteiger partial charge is 0.598 e. The highest BCUT2D eigenvalue weighted by atomic mass is 32.2. The summed E-state index contributed by atoms with van der Waals surface area (Å²) >= 11 is -1.15. The number of methoxy groups -OCH3 is 1. The number of pyridine rings is 1. The van der Waals surface area contributed by atoms with Crippen LogP contribution in [0, 0.1) is 0 Å². The van der Waals surface area contributed by atoms with Crippen molar-refractivity contribution in [3.63, 3.8) is 0 Å². The molecule has 19 heavy (non-hydrogen) atoms. The Kier molecular flexibility index (Phi) is 7.47. The van der Waals surface area contributed by atoms with Gasteiger partial charge in [0.15, 0.2) is 0 Å². The molecule has 0 bridgehead atoms. The number of hydrogen-bond donors (Lipinski definition) is 1. The van der Waals surface area contributed by atoms with E-state index in [9.17, 15) is 9.35 Å². The zero-order valence-electron chi connectivity index (χ0n) is 11.3. The maximum absolute atomic E-state index is 11.9. The van der Waals surface area contributed by atoms with Crippen LogP contribution in [0.25, 0.3) is 0 Å². The second kappa shape index (κ2) is 8.90. The summed E-state index contributed by atoms with van der Waals surface area (Å²) in [6.07, 6.45) is 5.34. The van der Waals surface area contributed by atoms with Crippen molar-refractivity contribution in [2.75, 3.05) is 12.9 Å². The highest BCUT2D eigenvalue weighted by Gasteiger charge is 2.21. The Morgan fingerprint density at radius 3 is 3.00 bits per heavy atom. The molecule has 0 amide bonds. The number of ether oxygens (including phenoxy) is 1. The number of esters is 1. The zero-order valence-corrected chi connectivity index (χ0v) is 12.1. The fourth-order valence-corrected chi connectivity index (χ4v) is 2.76. The highest BCUT2D eigenvalue weighted by molar-refractivity contribution is 7.89. The van der Waals surface area contributed by atoms with Gasteiger partial charge in [-0.3, -0.25) is 9.78 Å². The lowest BCUT2D eigenvalue weighted by molar-refractivity contribution is -0.141. The third-order valence-corrected chi connectivity index (χ3v) is 3.85. The third kappa shape index (κ3) is 6.04. The van der Waals surface area contributed by atoms with Crippen LogP contribution in [0.4, 0.5) is 0 Å². The molecule has 2 atom stereocenters. The average molecular weight is 284 g/mol. The van der Waals surface area contributed by atoms with Gasteiger partial charge in [0.25, 0.3) is 0 Å². The van der Waals surface area contributed by atoms with Gasteiger partial charge in [0.05, 0.1) is 19.6 Å². The van der Waals surface area contributed by atoms with Crippen molar-refractivity contribution in [2.24, 2.45) is 0 Å². The van der Waals surface area contributed by atoms with E-state index >= 15 is 0 Å². The SMILES string of the molecule is CCCC[S+]([O-])N[C@@H](CC(=O)OC)c1cccnc1. The predicted molar refractivity (Wildman–Crippen MR) is 74.7 cm³/mol. The number of aromatic nitrogens is 1. The molecule has 0 saturated heterocycles. The van der Waals surface area contributed by atoms with Crippen molar-refractivity contribution < 1.29 is 14.1 Å². The van der Waals surface area contributed by atoms with Crippen molar-refractivity contribution in [3.8, 4) is 0 Å². The molecule has 0 radical (unpaired) electrons. The number of nitrogens with zero attached hydrogens (tertiary/aromatic N) is 1. The van der Waals surface area contributed by atoms with E-state index < -0.39 is 11.4 Å². The summed E-state index contributed by atoms with van der Waals surface area (Å²) in [4.78, 5) is 15.4. The minimum Gasteiger partial charge on any atom is -0.598 e. The summed E-state index contributed by atoms with van der Waals surface area (Å²) in [5.74, 6) is 0.239. The molecule has 0 aliphatic carbocycles. The van der Waals surface area contributed by atoms with Gasteiger partial charge in [0.1, 0.15) is 5.75 Å². The summed E-state index contributed by atoms with van der Waals surface area (Å²) in [5.41, 5.74) is 0.831. The minimum atomic E-state index is -1.15. The normalized spacial score (nSPS) is 13.8. The van der Waals surface area contributed by atoms with Crippen LogP contribution in [0.5, 0.6) is 0 Å². The van der Waals surface area contributed by atoms with E-state index in [-0.39, 0.29) is 18.4 Å². The van der Waals surface area contributed by atoms with Gasteiger partial charge >= 0.3 is 5.97 Å². The number of carbonyl (C=O) groups excluding carboxylic acids is 1. The number of hydrogen-bond acceptors (Lipinski definition) is 5. The maximum atomic E-state index is 11.9. The first-order chi connectivity index (χ1) is 9.17. The van der Waals surface area contributed by atoms with E-state index in [1.807, 2.05) is 13.0 Å². The summed E-state index contributed by atoms with van der Waals surface area (Å²) in [5, 5.41) is 0. The minimum absolute atomic E-state index is 0.139. The fourth-order valence-electron chi connectivity index (χ4n) is 1.55. The van der Waals surface area contributed by atoms with E-state index in [1.165, 1.54) is 7.11 Å². The Labute approximate surface area is 117 Å². The molecule has 106 valence electrons. The summed E-state index contributed by atoms with van der Waals surface area (Å²) in [6.45, 7) is 2.05.